The summed E-state index contributed by atoms with van der Waals surface area (Å²) in [5, 5.41) is 9.03. The van der Waals surface area contributed by atoms with E-state index < -0.39 is 16.0 Å². The van der Waals surface area contributed by atoms with Crippen LogP contribution in [0.4, 0.5) is 0 Å². The Morgan fingerprint density at radius 2 is 1.95 bits per heavy atom. The Bertz CT molecular complexity index is 633. The van der Waals surface area contributed by atoms with Crippen LogP contribution < -0.4 is 4.74 Å². The van der Waals surface area contributed by atoms with Gasteiger partial charge in [-0.25, -0.2) is 13.2 Å². The molecule has 1 aromatic rings. The first-order valence-electron chi connectivity index (χ1n) is 6.77. The van der Waals surface area contributed by atoms with Crippen LogP contribution in [0, 0.1) is 5.92 Å². The van der Waals surface area contributed by atoms with Gasteiger partial charge < -0.3 is 9.84 Å². The Kier molecular flexibility index (Phi) is 4.53. The lowest BCUT2D eigenvalue weighted by Gasteiger charge is -2.29. The molecule has 0 aliphatic carbocycles. The number of carbonyl (C=O) groups is 1. The van der Waals surface area contributed by atoms with Crippen molar-refractivity contribution in [3.8, 4) is 5.75 Å². The van der Waals surface area contributed by atoms with E-state index in [4.69, 9.17) is 9.84 Å². The Hall–Kier alpha value is -1.60. The van der Waals surface area contributed by atoms with Crippen molar-refractivity contribution in [3.05, 3.63) is 23.8 Å². The Balaban J connectivity index is 2.43. The summed E-state index contributed by atoms with van der Waals surface area (Å²) in [5.41, 5.74) is -0.0697. The molecule has 0 saturated carbocycles. The average Bonchev–Trinajstić information content (AvgIpc) is 2.46. The lowest BCUT2D eigenvalue weighted by atomic mass is 10.0. The molecular formula is C14H19NO5S. The molecule has 1 N–H and O–H groups in total. The van der Waals surface area contributed by atoms with E-state index in [1.165, 1.54) is 23.5 Å². The molecule has 21 heavy (non-hydrogen) atoms. The molecule has 1 saturated heterocycles. The van der Waals surface area contributed by atoms with E-state index in [1.54, 1.807) is 0 Å². The van der Waals surface area contributed by atoms with Crippen LogP contribution in [-0.2, 0) is 10.0 Å². The summed E-state index contributed by atoms with van der Waals surface area (Å²) < 4.78 is 31.9. The minimum absolute atomic E-state index is 0.0697. The van der Waals surface area contributed by atoms with Gasteiger partial charge in [0.15, 0.2) is 0 Å². The molecule has 0 radical (unpaired) electrons. The van der Waals surface area contributed by atoms with Gasteiger partial charge in [0.05, 0.1) is 12.7 Å². The van der Waals surface area contributed by atoms with Crippen molar-refractivity contribution in [2.45, 2.75) is 24.7 Å². The van der Waals surface area contributed by atoms with E-state index in [9.17, 15) is 13.2 Å². The monoisotopic (exact) mass is 313 g/mol. The summed E-state index contributed by atoms with van der Waals surface area (Å²) in [7, 11) is -2.37. The van der Waals surface area contributed by atoms with Gasteiger partial charge in [-0.2, -0.15) is 4.31 Å². The van der Waals surface area contributed by atoms with Gasteiger partial charge in [-0.15, -0.1) is 0 Å². The highest BCUT2D eigenvalue weighted by Crippen LogP contribution is 2.30. The van der Waals surface area contributed by atoms with Gasteiger partial charge in [-0.3, -0.25) is 0 Å². The predicted molar refractivity (Wildman–Crippen MR) is 77.1 cm³/mol. The van der Waals surface area contributed by atoms with Crippen LogP contribution in [0.1, 0.15) is 30.1 Å². The molecule has 2 rings (SSSR count). The third kappa shape index (κ3) is 3.19. The summed E-state index contributed by atoms with van der Waals surface area (Å²) in [4.78, 5) is 11.0. The number of carboxylic acid groups (broad SMARTS) is 1. The summed E-state index contributed by atoms with van der Waals surface area (Å²) in [6.07, 6.45) is 1.61. The first kappa shape index (κ1) is 15.8. The number of carboxylic acids is 1. The molecule has 1 aliphatic heterocycles. The van der Waals surface area contributed by atoms with E-state index in [-0.39, 0.29) is 16.2 Å². The van der Waals surface area contributed by atoms with Gasteiger partial charge >= 0.3 is 5.97 Å². The van der Waals surface area contributed by atoms with E-state index in [2.05, 4.69) is 6.92 Å². The number of ether oxygens (including phenoxy) is 1. The van der Waals surface area contributed by atoms with Crippen LogP contribution in [0.5, 0.6) is 5.75 Å². The quantitative estimate of drug-likeness (QED) is 0.916. The molecule has 0 unspecified atom stereocenters. The summed E-state index contributed by atoms with van der Waals surface area (Å²) in [5.74, 6) is -0.497. The van der Waals surface area contributed by atoms with Crippen molar-refractivity contribution in [1.82, 2.24) is 4.31 Å². The van der Waals surface area contributed by atoms with Crippen LogP contribution in [0.2, 0.25) is 0 Å². The number of piperidine rings is 1. The highest BCUT2D eigenvalue weighted by atomic mass is 32.2. The zero-order valence-corrected chi connectivity index (χ0v) is 12.9. The van der Waals surface area contributed by atoms with E-state index >= 15 is 0 Å². The van der Waals surface area contributed by atoms with Gasteiger partial charge in [-0.1, -0.05) is 6.92 Å². The molecule has 7 heteroatoms. The fourth-order valence-corrected chi connectivity index (χ4v) is 4.03. The average molecular weight is 313 g/mol. The predicted octanol–water partition coefficient (Wildman–Crippen LogP) is 1.81. The lowest BCUT2D eigenvalue weighted by molar-refractivity contribution is 0.0696. The van der Waals surface area contributed by atoms with Crippen molar-refractivity contribution in [2.24, 2.45) is 5.92 Å². The number of hydrogen-bond acceptors (Lipinski definition) is 4. The lowest BCUT2D eigenvalue weighted by Crippen LogP contribution is -2.38. The minimum atomic E-state index is -3.74. The van der Waals surface area contributed by atoms with Crippen molar-refractivity contribution in [3.63, 3.8) is 0 Å². The molecule has 0 atom stereocenters. The molecular weight excluding hydrogens is 294 g/mol. The smallest absolute Gasteiger partial charge is 0.335 e. The van der Waals surface area contributed by atoms with E-state index in [0.717, 1.165) is 18.9 Å². The van der Waals surface area contributed by atoms with Gasteiger partial charge in [0.1, 0.15) is 10.6 Å². The molecule has 1 aliphatic rings. The molecule has 0 amide bonds. The number of methoxy groups -OCH3 is 1. The van der Waals surface area contributed by atoms with E-state index in [0.29, 0.717) is 19.0 Å². The van der Waals surface area contributed by atoms with Crippen molar-refractivity contribution in [1.29, 1.82) is 0 Å². The second kappa shape index (κ2) is 6.03. The molecule has 1 aromatic carbocycles. The van der Waals surface area contributed by atoms with Crippen LogP contribution >= 0.6 is 0 Å². The Morgan fingerprint density at radius 1 is 1.33 bits per heavy atom. The number of sulfonamides is 1. The normalized spacial score (nSPS) is 17.6. The first-order valence-corrected chi connectivity index (χ1v) is 8.21. The number of aromatic carboxylic acids is 1. The highest BCUT2D eigenvalue weighted by Gasteiger charge is 2.31. The third-order valence-corrected chi connectivity index (χ3v) is 5.69. The molecule has 0 aromatic heterocycles. The SMILES string of the molecule is COc1ccc(C(=O)O)cc1S(=O)(=O)N1CCC(C)CC1. The van der Waals surface area contributed by atoms with Gasteiger partial charge in [0.25, 0.3) is 0 Å². The molecule has 0 bridgehead atoms. The Labute approximate surface area is 124 Å². The molecule has 0 spiro atoms. The fourth-order valence-electron chi connectivity index (χ4n) is 2.38. The van der Waals surface area contributed by atoms with Crippen LogP contribution in [-0.4, -0.2) is 44.0 Å². The van der Waals surface area contributed by atoms with Crippen LogP contribution in [0.15, 0.2) is 23.1 Å². The fraction of sp³-hybridized carbons (Fsp3) is 0.500. The number of rotatable bonds is 4. The molecule has 1 fully saturated rings. The van der Waals surface area contributed by atoms with Crippen molar-refractivity contribution in [2.75, 3.05) is 20.2 Å². The second-order valence-electron chi connectivity index (χ2n) is 5.26. The number of benzene rings is 1. The van der Waals surface area contributed by atoms with Gasteiger partial charge in [0.2, 0.25) is 10.0 Å². The topological polar surface area (TPSA) is 83.9 Å². The van der Waals surface area contributed by atoms with Gasteiger partial charge in [-0.05, 0) is 37.0 Å². The van der Waals surface area contributed by atoms with E-state index in [1.807, 2.05) is 0 Å². The maximum Gasteiger partial charge on any atom is 0.335 e. The summed E-state index contributed by atoms with van der Waals surface area (Å²) in [6, 6.07) is 3.87. The van der Waals surface area contributed by atoms with Crippen LogP contribution in [0.3, 0.4) is 0 Å². The van der Waals surface area contributed by atoms with Crippen LogP contribution in [0.25, 0.3) is 0 Å². The summed E-state index contributed by atoms with van der Waals surface area (Å²) >= 11 is 0. The third-order valence-electron chi connectivity index (χ3n) is 3.77. The molecule has 1 heterocycles. The Morgan fingerprint density at radius 3 is 2.48 bits per heavy atom. The standard InChI is InChI=1S/C14H19NO5S/c1-10-5-7-15(8-6-10)21(18,19)13-9-11(14(16)17)3-4-12(13)20-2/h3-4,9-10H,5-8H2,1-2H3,(H,16,17). The maximum atomic E-state index is 12.7. The number of nitrogens with zero attached hydrogens (tertiary/aromatic N) is 1. The second-order valence-corrected chi connectivity index (χ2v) is 7.16. The first-order chi connectivity index (χ1) is 9.86. The van der Waals surface area contributed by atoms with Crippen molar-refractivity contribution < 1.29 is 23.1 Å². The molecule has 6 nitrogen and oxygen atoms in total. The van der Waals surface area contributed by atoms with Crippen molar-refractivity contribution >= 4 is 16.0 Å². The highest BCUT2D eigenvalue weighted by molar-refractivity contribution is 7.89. The number of hydrogen-bond donors (Lipinski definition) is 1. The zero-order chi connectivity index (χ0) is 15.6. The van der Waals surface area contributed by atoms with Gasteiger partial charge in [0, 0.05) is 13.1 Å². The maximum absolute atomic E-state index is 12.7. The molecule has 116 valence electrons. The summed E-state index contributed by atoms with van der Waals surface area (Å²) in [6.45, 7) is 2.99. The minimum Gasteiger partial charge on any atom is -0.495 e. The zero-order valence-electron chi connectivity index (χ0n) is 12.1. The largest absolute Gasteiger partial charge is 0.495 e.